The fourth-order valence-electron chi connectivity index (χ4n) is 1.64. The molecule has 0 aliphatic rings. The maximum absolute atomic E-state index is 11.7. The van der Waals surface area contributed by atoms with E-state index in [4.69, 9.17) is 4.42 Å². The van der Waals surface area contributed by atoms with Crippen LogP contribution in [0.4, 0.5) is 0 Å². The van der Waals surface area contributed by atoms with E-state index >= 15 is 0 Å². The number of fused-ring (bicyclic) bond motifs is 1. The fourth-order valence-corrected chi connectivity index (χ4v) is 2.27. The van der Waals surface area contributed by atoms with E-state index in [0.717, 1.165) is 5.56 Å². The van der Waals surface area contributed by atoms with E-state index in [0.29, 0.717) is 16.8 Å². The predicted octanol–water partition coefficient (Wildman–Crippen LogP) is 3.42. The third kappa shape index (κ3) is 2.10. The van der Waals surface area contributed by atoms with E-state index in [9.17, 15) is 4.79 Å². The highest BCUT2D eigenvalue weighted by Gasteiger charge is 2.02. The van der Waals surface area contributed by atoms with Crippen LogP contribution >= 0.6 is 11.3 Å². The molecule has 3 rings (SSSR count). The molecule has 0 aliphatic carbocycles. The number of benzene rings is 1. The largest absolute Gasteiger partial charge is 0.404 e. The number of nitrogens with zero attached hydrogens (tertiary/aromatic N) is 1. The van der Waals surface area contributed by atoms with Crippen molar-refractivity contribution in [3.8, 4) is 0 Å². The SMILES string of the molecule is O=c1oc(/C=C/c2ccsc2)nc2ccccc12. The summed E-state index contributed by atoms with van der Waals surface area (Å²) in [7, 11) is 0. The first kappa shape index (κ1) is 10.9. The van der Waals surface area contributed by atoms with Crippen LogP contribution in [0.25, 0.3) is 23.1 Å². The predicted molar refractivity (Wildman–Crippen MR) is 73.5 cm³/mol. The molecule has 0 N–H and O–H groups in total. The Bertz CT molecular complexity index is 757. The number of thiophene rings is 1. The van der Waals surface area contributed by atoms with Crippen molar-refractivity contribution in [3.05, 3.63) is 63.0 Å². The lowest BCUT2D eigenvalue weighted by atomic mass is 10.2. The summed E-state index contributed by atoms with van der Waals surface area (Å²) in [6, 6.07) is 9.14. The molecule has 3 aromatic rings. The van der Waals surface area contributed by atoms with Crippen LogP contribution in [0.15, 0.2) is 50.3 Å². The van der Waals surface area contributed by atoms with E-state index in [2.05, 4.69) is 4.98 Å². The van der Waals surface area contributed by atoms with Gasteiger partial charge in [0.05, 0.1) is 10.9 Å². The van der Waals surface area contributed by atoms with Crippen molar-refractivity contribution >= 4 is 34.4 Å². The lowest BCUT2D eigenvalue weighted by Crippen LogP contribution is -2.02. The van der Waals surface area contributed by atoms with Gasteiger partial charge in [-0.1, -0.05) is 12.1 Å². The topological polar surface area (TPSA) is 43.1 Å². The summed E-state index contributed by atoms with van der Waals surface area (Å²) < 4.78 is 5.14. The van der Waals surface area contributed by atoms with Crippen LogP contribution in [0, 0.1) is 0 Å². The number of para-hydroxylation sites is 1. The molecule has 0 fully saturated rings. The van der Waals surface area contributed by atoms with Crippen molar-refractivity contribution in [2.45, 2.75) is 0 Å². The lowest BCUT2D eigenvalue weighted by Gasteiger charge is -1.96. The van der Waals surface area contributed by atoms with Gasteiger partial charge in [-0.05, 0) is 40.6 Å². The van der Waals surface area contributed by atoms with Crippen LogP contribution in [0.2, 0.25) is 0 Å². The standard InChI is InChI=1S/C14H9NO2S/c16-14-11-3-1-2-4-12(11)15-13(17-14)6-5-10-7-8-18-9-10/h1-9H/b6-5+. The number of aromatic nitrogens is 1. The maximum atomic E-state index is 11.7. The van der Waals surface area contributed by atoms with Crippen LogP contribution in [-0.2, 0) is 0 Å². The van der Waals surface area contributed by atoms with Crippen molar-refractivity contribution in [2.75, 3.05) is 0 Å². The highest BCUT2D eigenvalue weighted by atomic mass is 32.1. The van der Waals surface area contributed by atoms with E-state index in [1.54, 1.807) is 35.6 Å². The molecule has 1 aromatic carbocycles. The minimum Gasteiger partial charge on any atom is -0.404 e. The average molecular weight is 255 g/mol. The van der Waals surface area contributed by atoms with Gasteiger partial charge in [-0.3, -0.25) is 0 Å². The Kier molecular flexibility index (Phi) is 2.78. The molecule has 2 aromatic heterocycles. The first-order valence-corrected chi connectivity index (χ1v) is 6.37. The summed E-state index contributed by atoms with van der Waals surface area (Å²) in [4.78, 5) is 16.0. The van der Waals surface area contributed by atoms with Crippen molar-refractivity contribution in [1.29, 1.82) is 0 Å². The fraction of sp³-hybridized carbons (Fsp3) is 0. The molecule has 88 valence electrons. The third-order valence-electron chi connectivity index (χ3n) is 2.51. The van der Waals surface area contributed by atoms with Crippen LogP contribution in [0.3, 0.4) is 0 Å². The van der Waals surface area contributed by atoms with Gasteiger partial charge in [0.25, 0.3) is 0 Å². The van der Waals surface area contributed by atoms with Crippen LogP contribution in [0.1, 0.15) is 11.5 Å². The quantitative estimate of drug-likeness (QED) is 0.704. The van der Waals surface area contributed by atoms with Gasteiger partial charge in [-0.15, -0.1) is 0 Å². The molecular weight excluding hydrogens is 246 g/mol. The molecule has 0 bridgehead atoms. The molecule has 18 heavy (non-hydrogen) atoms. The van der Waals surface area contributed by atoms with Gasteiger partial charge in [0.15, 0.2) is 0 Å². The van der Waals surface area contributed by atoms with E-state index in [1.165, 1.54) is 0 Å². The maximum Gasteiger partial charge on any atom is 0.347 e. The van der Waals surface area contributed by atoms with E-state index < -0.39 is 0 Å². The summed E-state index contributed by atoms with van der Waals surface area (Å²) in [5.74, 6) is 0.324. The van der Waals surface area contributed by atoms with Crippen molar-refractivity contribution < 1.29 is 4.42 Å². The molecular formula is C14H9NO2S. The zero-order valence-corrected chi connectivity index (χ0v) is 10.2. The van der Waals surface area contributed by atoms with Crippen LogP contribution < -0.4 is 5.63 Å². The molecule has 0 aliphatic heterocycles. The number of hydrogen-bond donors (Lipinski definition) is 0. The molecule has 3 nitrogen and oxygen atoms in total. The second kappa shape index (κ2) is 4.58. The van der Waals surface area contributed by atoms with Gasteiger partial charge in [0.2, 0.25) is 5.89 Å². The minimum atomic E-state index is -0.356. The van der Waals surface area contributed by atoms with Gasteiger partial charge < -0.3 is 4.42 Å². The monoisotopic (exact) mass is 255 g/mol. The second-order valence-electron chi connectivity index (χ2n) is 3.75. The normalized spacial score (nSPS) is 11.3. The Morgan fingerprint density at radius 1 is 1.17 bits per heavy atom. The average Bonchev–Trinajstić information content (AvgIpc) is 2.90. The smallest absolute Gasteiger partial charge is 0.347 e. The highest BCUT2D eigenvalue weighted by molar-refractivity contribution is 7.08. The Balaban J connectivity index is 2.06. The van der Waals surface area contributed by atoms with Gasteiger partial charge in [-0.25, -0.2) is 9.78 Å². The minimum absolute atomic E-state index is 0.324. The van der Waals surface area contributed by atoms with Gasteiger partial charge in [0.1, 0.15) is 0 Å². The molecule has 0 spiro atoms. The second-order valence-corrected chi connectivity index (χ2v) is 4.53. The Labute approximate surface area is 107 Å². The Morgan fingerprint density at radius 2 is 2.06 bits per heavy atom. The summed E-state index contributed by atoms with van der Waals surface area (Å²) in [5.41, 5.74) is 1.36. The zero-order valence-electron chi connectivity index (χ0n) is 9.37. The Hall–Kier alpha value is -2.20. The summed E-state index contributed by atoms with van der Waals surface area (Å²) in [6.07, 6.45) is 3.58. The molecule has 0 saturated heterocycles. The van der Waals surface area contributed by atoms with Crippen LogP contribution in [0.5, 0.6) is 0 Å². The van der Waals surface area contributed by atoms with E-state index in [1.807, 2.05) is 29.0 Å². The third-order valence-corrected chi connectivity index (χ3v) is 3.21. The molecule has 0 unspecified atom stereocenters. The zero-order chi connectivity index (χ0) is 12.4. The van der Waals surface area contributed by atoms with Gasteiger partial charge in [-0.2, -0.15) is 11.3 Å². The van der Waals surface area contributed by atoms with Gasteiger partial charge in [0, 0.05) is 6.08 Å². The van der Waals surface area contributed by atoms with Gasteiger partial charge >= 0.3 is 5.63 Å². The lowest BCUT2D eigenvalue weighted by molar-refractivity contribution is 0.491. The molecule has 0 amide bonds. The van der Waals surface area contributed by atoms with Crippen molar-refractivity contribution in [1.82, 2.24) is 4.98 Å². The summed E-state index contributed by atoms with van der Waals surface area (Å²) in [6.45, 7) is 0. The van der Waals surface area contributed by atoms with E-state index in [-0.39, 0.29) is 5.63 Å². The van der Waals surface area contributed by atoms with Crippen molar-refractivity contribution in [2.24, 2.45) is 0 Å². The molecule has 4 heteroatoms. The Morgan fingerprint density at radius 3 is 2.89 bits per heavy atom. The first-order chi connectivity index (χ1) is 8.83. The highest BCUT2D eigenvalue weighted by Crippen LogP contribution is 2.12. The molecule has 0 saturated carbocycles. The molecule has 0 radical (unpaired) electrons. The number of hydrogen-bond acceptors (Lipinski definition) is 4. The summed E-state index contributed by atoms with van der Waals surface area (Å²) in [5, 5.41) is 4.50. The molecule has 0 atom stereocenters. The van der Waals surface area contributed by atoms with Crippen LogP contribution in [-0.4, -0.2) is 4.98 Å². The summed E-state index contributed by atoms with van der Waals surface area (Å²) >= 11 is 1.62. The first-order valence-electron chi connectivity index (χ1n) is 5.43. The number of rotatable bonds is 2. The molecule has 2 heterocycles. The van der Waals surface area contributed by atoms with Crippen molar-refractivity contribution in [3.63, 3.8) is 0 Å².